The van der Waals surface area contributed by atoms with Crippen LogP contribution in [0.3, 0.4) is 0 Å². The quantitative estimate of drug-likeness (QED) is 0.569. The predicted molar refractivity (Wildman–Crippen MR) is 92.2 cm³/mol. The highest BCUT2D eigenvalue weighted by molar-refractivity contribution is 5.95. The molecular weight excluding hydrogens is 350 g/mol. The number of ether oxygens (including phenoxy) is 1. The van der Waals surface area contributed by atoms with E-state index < -0.39 is 5.54 Å². The molecule has 142 valence electrons. The fourth-order valence-electron chi connectivity index (χ4n) is 4.33. The van der Waals surface area contributed by atoms with E-state index in [4.69, 9.17) is 4.74 Å². The molecule has 0 aromatic carbocycles. The number of fused-ring (bicyclic) bond motifs is 3. The van der Waals surface area contributed by atoms with Crippen LogP contribution in [0.1, 0.15) is 46.9 Å². The minimum Gasteiger partial charge on any atom is -0.619 e. The normalized spacial score (nSPS) is 24.9. The van der Waals surface area contributed by atoms with Gasteiger partial charge in [0.2, 0.25) is 12.0 Å². The van der Waals surface area contributed by atoms with Crippen LogP contribution in [0.5, 0.6) is 0 Å². The maximum absolute atomic E-state index is 13.0. The number of aliphatic hydroxyl groups excluding tert-OH is 1. The Morgan fingerprint density at radius 2 is 2.30 bits per heavy atom. The van der Waals surface area contributed by atoms with E-state index in [2.05, 4.69) is 15.4 Å². The molecule has 2 fully saturated rings. The molecular formula is C18H21N5O4. The summed E-state index contributed by atoms with van der Waals surface area (Å²) >= 11 is 0. The van der Waals surface area contributed by atoms with Crippen molar-refractivity contribution >= 4 is 5.91 Å². The van der Waals surface area contributed by atoms with Gasteiger partial charge in [0, 0.05) is 24.7 Å². The summed E-state index contributed by atoms with van der Waals surface area (Å²) in [4.78, 5) is 17.3. The smallest absolute Gasteiger partial charge is 0.272 e. The molecule has 2 N–H and O–H groups in total. The van der Waals surface area contributed by atoms with Crippen molar-refractivity contribution in [2.24, 2.45) is 5.92 Å². The minimum absolute atomic E-state index is 0.132. The van der Waals surface area contributed by atoms with Gasteiger partial charge in [-0.3, -0.25) is 4.79 Å². The Bertz CT molecular complexity index is 905. The van der Waals surface area contributed by atoms with Crippen molar-refractivity contribution in [2.75, 3.05) is 19.8 Å². The molecule has 9 heteroatoms. The van der Waals surface area contributed by atoms with E-state index in [1.807, 2.05) is 0 Å². The van der Waals surface area contributed by atoms with Crippen molar-refractivity contribution in [3.63, 3.8) is 0 Å². The first kappa shape index (κ1) is 16.6. The maximum Gasteiger partial charge on any atom is 0.272 e. The molecule has 1 aliphatic heterocycles. The van der Waals surface area contributed by atoms with Crippen LogP contribution in [0.15, 0.2) is 18.6 Å². The maximum atomic E-state index is 13.0. The number of aliphatic hydroxyl groups is 1. The van der Waals surface area contributed by atoms with Crippen molar-refractivity contribution in [1.29, 1.82) is 0 Å². The highest BCUT2D eigenvalue weighted by Gasteiger charge is 2.50. The van der Waals surface area contributed by atoms with Gasteiger partial charge in [0.15, 0.2) is 11.9 Å². The van der Waals surface area contributed by atoms with E-state index in [0.29, 0.717) is 54.1 Å². The van der Waals surface area contributed by atoms with Gasteiger partial charge in [-0.2, -0.15) is 9.83 Å². The second-order valence-electron chi connectivity index (χ2n) is 7.71. The number of hydrogen-bond donors (Lipinski definition) is 2. The topological polar surface area (TPSA) is 116 Å². The van der Waals surface area contributed by atoms with Gasteiger partial charge in [-0.1, -0.05) is 0 Å². The van der Waals surface area contributed by atoms with Crippen LogP contribution >= 0.6 is 0 Å². The van der Waals surface area contributed by atoms with Crippen molar-refractivity contribution in [3.05, 3.63) is 40.7 Å². The van der Waals surface area contributed by atoms with Crippen LogP contribution in [0.4, 0.5) is 0 Å². The molecule has 2 aliphatic carbocycles. The Balaban J connectivity index is 1.51. The van der Waals surface area contributed by atoms with E-state index in [0.717, 1.165) is 24.1 Å². The molecule has 1 amide bonds. The lowest BCUT2D eigenvalue weighted by atomic mass is 9.90. The molecule has 3 heterocycles. The monoisotopic (exact) mass is 371 g/mol. The van der Waals surface area contributed by atoms with Gasteiger partial charge in [-0.15, -0.1) is 0 Å². The van der Waals surface area contributed by atoms with Crippen LogP contribution in [-0.4, -0.2) is 51.1 Å². The van der Waals surface area contributed by atoms with Gasteiger partial charge >= 0.3 is 0 Å². The largest absolute Gasteiger partial charge is 0.619 e. The average Bonchev–Trinajstić information content (AvgIpc) is 3.18. The summed E-state index contributed by atoms with van der Waals surface area (Å²) in [7, 11) is 0. The second-order valence-corrected chi connectivity index (χ2v) is 7.71. The molecule has 2 aromatic rings. The number of carbonyl (C=O) groups excluding carboxylic acids is 1. The Morgan fingerprint density at radius 3 is 3.04 bits per heavy atom. The zero-order valence-corrected chi connectivity index (χ0v) is 14.8. The van der Waals surface area contributed by atoms with E-state index in [1.54, 1.807) is 4.68 Å². The number of carbonyl (C=O) groups is 1. The molecule has 0 radical (unpaired) electrons. The molecule has 0 spiro atoms. The van der Waals surface area contributed by atoms with Crippen LogP contribution < -0.4 is 10.0 Å². The number of rotatable bonds is 4. The predicted octanol–water partition coefficient (Wildman–Crippen LogP) is -0.168. The number of hydrogen-bond acceptors (Lipinski definition) is 6. The minimum atomic E-state index is -0.670. The fourth-order valence-corrected chi connectivity index (χ4v) is 4.33. The summed E-state index contributed by atoms with van der Waals surface area (Å²) in [5.74, 6) is 1.06. The molecule has 0 unspecified atom stereocenters. The van der Waals surface area contributed by atoms with Crippen LogP contribution in [0, 0.1) is 11.1 Å². The summed E-state index contributed by atoms with van der Waals surface area (Å²) in [6.07, 6.45) is 7.15. The summed E-state index contributed by atoms with van der Waals surface area (Å²) in [6.45, 7) is 0.886. The van der Waals surface area contributed by atoms with Crippen molar-refractivity contribution in [3.8, 4) is 5.82 Å². The molecule has 1 saturated carbocycles. The van der Waals surface area contributed by atoms with E-state index in [-0.39, 0.29) is 12.5 Å². The van der Waals surface area contributed by atoms with Gasteiger partial charge in [-0.05, 0) is 31.6 Å². The Labute approximate surface area is 155 Å². The molecule has 0 bridgehead atoms. The number of nitrogens with zero attached hydrogens (tertiary/aromatic N) is 4. The lowest BCUT2D eigenvalue weighted by Crippen LogP contribution is -2.54. The van der Waals surface area contributed by atoms with Crippen molar-refractivity contribution in [2.45, 2.75) is 37.1 Å². The molecule has 27 heavy (non-hydrogen) atoms. The standard InChI is InChI=1S/C18H21N5O4/c24-10-18(1-5-27-6-2-18)20-17(25)15-13-8-11-7-12(11)16(13)23(21-15)14-9-22(26)4-3-19-14/h3-4,9,11-12,24H,1-2,5-8,10H2,(H,20,25)/t11-,12-/m1/s1. The van der Waals surface area contributed by atoms with E-state index in [1.165, 1.54) is 18.6 Å². The first-order chi connectivity index (χ1) is 13.1. The zero-order chi connectivity index (χ0) is 18.6. The molecule has 1 saturated heterocycles. The van der Waals surface area contributed by atoms with Gasteiger partial charge in [-0.25, -0.2) is 9.67 Å². The second kappa shape index (κ2) is 6.00. The van der Waals surface area contributed by atoms with Gasteiger partial charge in [0.25, 0.3) is 5.91 Å². The van der Waals surface area contributed by atoms with E-state index in [9.17, 15) is 15.1 Å². The van der Waals surface area contributed by atoms with Crippen LogP contribution in [0.2, 0.25) is 0 Å². The third-order valence-electron chi connectivity index (χ3n) is 5.99. The highest BCUT2D eigenvalue weighted by atomic mass is 16.5. The van der Waals surface area contributed by atoms with Crippen molar-refractivity contribution < 1.29 is 19.4 Å². The highest BCUT2D eigenvalue weighted by Crippen LogP contribution is 2.57. The Hall–Kier alpha value is -2.52. The third-order valence-corrected chi connectivity index (χ3v) is 5.99. The van der Waals surface area contributed by atoms with E-state index >= 15 is 0 Å². The molecule has 2 aromatic heterocycles. The number of amides is 1. The van der Waals surface area contributed by atoms with Gasteiger partial charge in [0.05, 0.1) is 24.0 Å². The average molecular weight is 371 g/mol. The first-order valence-corrected chi connectivity index (χ1v) is 9.28. The van der Waals surface area contributed by atoms with Gasteiger partial charge < -0.3 is 20.4 Å². The first-order valence-electron chi connectivity index (χ1n) is 9.28. The molecule has 2 atom stereocenters. The SMILES string of the molecule is O=C(NC1(CO)CCOCC1)c1nn(-c2c[n+]([O-])ccn2)c2c1C[C@H]1C[C@@H]21. The molecule has 3 aliphatic rings. The Kier molecular flexibility index (Phi) is 3.70. The molecule has 9 nitrogen and oxygen atoms in total. The summed E-state index contributed by atoms with van der Waals surface area (Å²) < 4.78 is 7.68. The summed E-state index contributed by atoms with van der Waals surface area (Å²) in [5.41, 5.74) is 1.64. The van der Waals surface area contributed by atoms with Crippen LogP contribution in [0.25, 0.3) is 5.82 Å². The molecule has 5 rings (SSSR count). The summed E-state index contributed by atoms with van der Waals surface area (Å²) in [6, 6.07) is 0. The Morgan fingerprint density at radius 1 is 1.48 bits per heavy atom. The lowest BCUT2D eigenvalue weighted by Gasteiger charge is -2.36. The lowest BCUT2D eigenvalue weighted by molar-refractivity contribution is -0.605. The fraction of sp³-hybridized carbons (Fsp3) is 0.556. The summed E-state index contributed by atoms with van der Waals surface area (Å²) in [5, 5.41) is 29.0. The zero-order valence-electron chi connectivity index (χ0n) is 14.8. The number of aromatic nitrogens is 4. The van der Waals surface area contributed by atoms with Crippen molar-refractivity contribution in [1.82, 2.24) is 20.1 Å². The van der Waals surface area contributed by atoms with Crippen LogP contribution in [-0.2, 0) is 11.2 Å². The van der Waals surface area contributed by atoms with Gasteiger partial charge in [0.1, 0.15) is 0 Å². The third kappa shape index (κ3) is 2.69. The number of nitrogens with one attached hydrogen (secondary N) is 1.